The Morgan fingerprint density at radius 3 is 2.65 bits per heavy atom. The molecule has 96 valence electrons. The summed E-state index contributed by atoms with van der Waals surface area (Å²) >= 11 is 0. The Balaban J connectivity index is 1.90. The predicted octanol–water partition coefficient (Wildman–Crippen LogP) is 1.95. The van der Waals surface area contributed by atoms with Crippen LogP contribution in [-0.4, -0.2) is 29.3 Å². The lowest BCUT2D eigenvalue weighted by Gasteiger charge is -2.23. The lowest BCUT2D eigenvalue weighted by atomic mass is 10.1. The largest absolute Gasteiger partial charge is 0.407 e. The molecule has 0 amide bonds. The topological polar surface area (TPSA) is 54.2 Å². The third-order valence-corrected chi connectivity index (χ3v) is 3.37. The van der Waals surface area contributed by atoms with Gasteiger partial charge in [0.25, 0.3) is 0 Å². The van der Waals surface area contributed by atoms with Crippen molar-refractivity contribution in [1.82, 2.24) is 15.5 Å². The minimum atomic E-state index is 0.472. The average Bonchev–Trinajstić information content (AvgIpc) is 3.05. The highest BCUT2D eigenvalue weighted by Gasteiger charge is 2.22. The molecule has 1 heterocycles. The van der Waals surface area contributed by atoms with Gasteiger partial charge in [0.2, 0.25) is 5.89 Å². The van der Waals surface area contributed by atoms with Crippen LogP contribution in [0.4, 0.5) is 6.01 Å². The van der Waals surface area contributed by atoms with Crippen molar-refractivity contribution in [3.8, 4) is 0 Å². The van der Waals surface area contributed by atoms with Crippen LogP contribution in [0.3, 0.4) is 0 Å². The first kappa shape index (κ1) is 12.4. The van der Waals surface area contributed by atoms with E-state index in [4.69, 9.17) is 4.42 Å². The van der Waals surface area contributed by atoms with Crippen molar-refractivity contribution in [3.63, 3.8) is 0 Å². The minimum absolute atomic E-state index is 0.472. The van der Waals surface area contributed by atoms with Gasteiger partial charge in [-0.3, -0.25) is 0 Å². The lowest BCUT2D eigenvalue weighted by Crippen LogP contribution is -2.30. The first-order valence-corrected chi connectivity index (χ1v) is 6.53. The molecule has 1 aliphatic carbocycles. The zero-order chi connectivity index (χ0) is 12.3. The van der Waals surface area contributed by atoms with E-state index in [2.05, 4.69) is 34.3 Å². The summed E-state index contributed by atoms with van der Waals surface area (Å²) in [5.41, 5.74) is 0. The summed E-state index contributed by atoms with van der Waals surface area (Å²) in [4.78, 5) is 2.08. The molecule has 1 aliphatic rings. The molecular weight excluding hydrogens is 216 g/mol. The molecule has 0 atom stereocenters. The van der Waals surface area contributed by atoms with Gasteiger partial charge in [-0.25, -0.2) is 0 Å². The van der Waals surface area contributed by atoms with E-state index in [9.17, 15) is 0 Å². The van der Waals surface area contributed by atoms with Crippen molar-refractivity contribution < 1.29 is 4.42 Å². The highest BCUT2D eigenvalue weighted by atomic mass is 16.4. The van der Waals surface area contributed by atoms with Crippen LogP contribution in [0, 0.1) is 0 Å². The highest BCUT2D eigenvalue weighted by Crippen LogP contribution is 2.20. The molecule has 0 aliphatic heterocycles. The number of aromatic nitrogens is 2. The molecule has 0 radical (unpaired) electrons. The van der Waals surface area contributed by atoms with Crippen LogP contribution in [0.15, 0.2) is 4.42 Å². The first-order chi connectivity index (χ1) is 8.24. The molecule has 2 rings (SSSR count). The number of hydrogen-bond acceptors (Lipinski definition) is 5. The normalized spacial score (nSPS) is 15.5. The molecule has 0 unspecified atom stereocenters. The van der Waals surface area contributed by atoms with E-state index in [1.807, 2.05) is 7.05 Å². The summed E-state index contributed by atoms with van der Waals surface area (Å²) in [6.07, 6.45) is 4.72. The van der Waals surface area contributed by atoms with E-state index in [-0.39, 0.29) is 0 Å². The van der Waals surface area contributed by atoms with Crippen molar-refractivity contribution in [1.29, 1.82) is 0 Å². The summed E-state index contributed by atoms with van der Waals surface area (Å²) in [6.45, 7) is 5.04. The Hall–Kier alpha value is -1.10. The Labute approximate surface area is 103 Å². The maximum Gasteiger partial charge on any atom is 0.318 e. The minimum Gasteiger partial charge on any atom is -0.407 e. The van der Waals surface area contributed by atoms with Crippen molar-refractivity contribution in [2.24, 2.45) is 0 Å². The zero-order valence-corrected chi connectivity index (χ0v) is 10.9. The summed E-state index contributed by atoms with van der Waals surface area (Å²) < 4.78 is 5.65. The standard InChI is InChI=1S/C12H22N4O/c1-4-10(5-2)16(3)12-15-14-11(17-12)8-13-9-6-7-9/h9-10,13H,4-8H2,1-3H3. The SMILES string of the molecule is CCC(CC)N(C)c1nnc(CNC2CC2)o1. The van der Waals surface area contributed by atoms with Gasteiger partial charge in [-0.15, -0.1) is 5.10 Å². The number of nitrogens with zero attached hydrogens (tertiary/aromatic N) is 3. The quantitative estimate of drug-likeness (QED) is 0.787. The third kappa shape index (κ3) is 3.19. The van der Waals surface area contributed by atoms with Crippen molar-refractivity contribution in [3.05, 3.63) is 5.89 Å². The van der Waals surface area contributed by atoms with E-state index in [0.29, 0.717) is 30.5 Å². The van der Waals surface area contributed by atoms with E-state index in [1.165, 1.54) is 12.8 Å². The van der Waals surface area contributed by atoms with E-state index in [1.54, 1.807) is 0 Å². The summed E-state index contributed by atoms with van der Waals surface area (Å²) in [5, 5.41) is 11.5. The predicted molar refractivity (Wildman–Crippen MR) is 66.9 cm³/mol. The molecule has 0 spiro atoms. The van der Waals surface area contributed by atoms with Gasteiger partial charge in [-0.1, -0.05) is 18.9 Å². The molecule has 1 N–H and O–H groups in total. The van der Waals surface area contributed by atoms with Crippen LogP contribution >= 0.6 is 0 Å². The van der Waals surface area contributed by atoms with Crippen molar-refractivity contribution >= 4 is 6.01 Å². The van der Waals surface area contributed by atoms with Gasteiger partial charge < -0.3 is 14.6 Å². The molecule has 1 aromatic rings. The van der Waals surface area contributed by atoms with Gasteiger partial charge in [0.05, 0.1) is 6.54 Å². The second-order valence-corrected chi connectivity index (χ2v) is 4.71. The van der Waals surface area contributed by atoms with Gasteiger partial charge in [-0.05, 0) is 25.7 Å². The fourth-order valence-corrected chi connectivity index (χ4v) is 1.97. The van der Waals surface area contributed by atoms with Gasteiger partial charge in [0.15, 0.2) is 0 Å². The van der Waals surface area contributed by atoms with Crippen LogP contribution in [0.2, 0.25) is 0 Å². The monoisotopic (exact) mass is 238 g/mol. The smallest absolute Gasteiger partial charge is 0.318 e. The summed E-state index contributed by atoms with van der Waals surface area (Å²) in [5.74, 6) is 0.685. The van der Waals surface area contributed by atoms with Gasteiger partial charge >= 0.3 is 6.01 Å². The number of anilines is 1. The van der Waals surface area contributed by atoms with Gasteiger partial charge in [0.1, 0.15) is 0 Å². The van der Waals surface area contributed by atoms with Crippen molar-refractivity contribution in [2.75, 3.05) is 11.9 Å². The fraction of sp³-hybridized carbons (Fsp3) is 0.833. The maximum absolute atomic E-state index is 5.65. The van der Waals surface area contributed by atoms with E-state index >= 15 is 0 Å². The fourth-order valence-electron chi connectivity index (χ4n) is 1.97. The Morgan fingerprint density at radius 2 is 2.06 bits per heavy atom. The molecule has 0 bridgehead atoms. The average molecular weight is 238 g/mol. The van der Waals surface area contributed by atoms with E-state index in [0.717, 1.165) is 12.8 Å². The lowest BCUT2D eigenvalue weighted by molar-refractivity contribution is 0.446. The van der Waals surface area contributed by atoms with Crippen LogP contribution in [0.1, 0.15) is 45.4 Å². The molecule has 5 nitrogen and oxygen atoms in total. The van der Waals surface area contributed by atoms with Gasteiger partial charge in [-0.2, -0.15) is 0 Å². The molecule has 1 saturated carbocycles. The van der Waals surface area contributed by atoms with Crippen LogP contribution < -0.4 is 10.2 Å². The number of hydrogen-bond donors (Lipinski definition) is 1. The second kappa shape index (κ2) is 5.49. The Morgan fingerprint density at radius 1 is 1.35 bits per heavy atom. The molecule has 5 heteroatoms. The molecular formula is C12H22N4O. The molecule has 0 saturated heterocycles. The van der Waals surface area contributed by atoms with Crippen molar-refractivity contribution in [2.45, 2.75) is 58.2 Å². The third-order valence-electron chi connectivity index (χ3n) is 3.37. The number of rotatable bonds is 7. The molecule has 1 aromatic heterocycles. The second-order valence-electron chi connectivity index (χ2n) is 4.71. The summed E-state index contributed by atoms with van der Waals surface area (Å²) in [6, 6.07) is 1.77. The summed E-state index contributed by atoms with van der Waals surface area (Å²) in [7, 11) is 2.02. The molecule has 1 fully saturated rings. The van der Waals surface area contributed by atoms with Crippen LogP contribution in [0.5, 0.6) is 0 Å². The number of nitrogens with one attached hydrogen (secondary N) is 1. The van der Waals surface area contributed by atoms with Crippen LogP contribution in [0.25, 0.3) is 0 Å². The molecule has 17 heavy (non-hydrogen) atoms. The Bertz CT molecular complexity index is 344. The zero-order valence-electron chi connectivity index (χ0n) is 10.9. The molecule has 0 aromatic carbocycles. The highest BCUT2D eigenvalue weighted by molar-refractivity contribution is 5.24. The van der Waals surface area contributed by atoms with Gasteiger partial charge in [0, 0.05) is 19.1 Å². The first-order valence-electron chi connectivity index (χ1n) is 6.53. The maximum atomic E-state index is 5.65. The van der Waals surface area contributed by atoms with E-state index < -0.39 is 0 Å². The Kier molecular flexibility index (Phi) is 3.99. The van der Waals surface area contributed by atoms with Crippen LogP contribution in [-0.2, 0) is 6.54 Å².